The molecule has 0 aromatic rings. The van der Waals surface area contributed by atoms with Gasteiger partial charge in [0.2, 0.25) is 0 Å². The third-order valence-electron chi connectivity index (χ3n) is 0. The fourth-order valence-electron chi connectivity index (χ4n) is 0. The first kappa shape index (κ1) is 19.8. The molecular weight excluding hydrogens is 130 g/mol. The second-order valence-corrected chi connectivity index (χ2v) is 0. The molecule has 0 heterocycles. The fraction of sp³-hybridized carbons (Fsp3) is 0. The Morgan fingerprint density at radius 1 is 1.25 bits per heavy atom. The molecule has 0 aromatic heterocycles. The molecule has 0 radical (unpaired) electrons. The predicted octanol–water partition coefficient (Wildman–Crippen LogP) is -0.621. The van der Waals surface area contributed by atoms with E-state index in [1.807, 2.05) is 0 Å². The molecule has 0 saturated heterocycles. The van der Waals surface area contributed by atoms with Crippen molar-refractivity contribution in [1.29, 1.82) is 0 Å². The molecular formula is BeO2Y+. The Morgan fingerprint density at radius 3 is 1.25 bits per heavy atom. The summed E-state index contributed by atoms with van der Waals surface area (Å²) in [6.07, 6.45) is 0. The predicted molar refractivity (Wildman–Crippen MR) is 7.13 cm³/mol. The van der Waals surface area contributed by atoms with Gasteiger partial charge in [0.25, 0.3) is 0 Å². The zero-order valence-corrected chi connectivity index (χ0v) is 4.94. The van der Waals surface area contributed by atoms with Gasteiger partial charge >= 0.3 is 43.2 Å². The van der Waals surface area contributed by atoms with Crippen molar-refractivity contribution < 1.29 is 38.5 Å². The van der Waals surface area contributed by atoms with Crippen LogP contribution in [-0.4, -0.2) is 10.1 Å². The maximum absolute atomic E-state index is 8.38. The van der Waals surface area contributed by atoms with Gasteiger partial charge in [-0.15, -0.1) is 0 Å². The van der Waals surface area contributed by atoms with Crippen LogP contribution in [0.5, 0.6) is 0 Å². The summed E-state index contributed by atoms with van der Waals surface area (Å²) < 4.78 is 8.38. The Kier molecular flexibility index (Phi) is 172. The van der Waals surface area contributed by atoms with E-state index in [-0.39, 0.29) is 46.6 Å². The van der Waals surface area contributed by atoms with Crippen molar-refractivity contribution >= 4 is 10.1 Å². The molecule has 0 saturated carbocycles. The van der Waals surface area contributed by atoms with E-state index in [0.29, 0.717) is 0 Å². The van der Waals surface area contributed by atoms with E-state index < -0.39 is 0 Å². The van der Waals surface area contributed by atoms with Gasteiger partial charge in [0.15, 0.2) is 0 Å². The van der Waals surface area contributed by atoms with Crippen LogP contribution in [0.25, 0.3) is 0 Å². The number of rotatable bonds is 0. The molecule has 4 heavy (non-hydrogen) atoms. The number of hydrogen-bond acceptors (Lipinski definition) is 1. The van der Waals surface area contributed by atoms with Gasteiger partial charge in [-0.05, 0) is 0 Å². The van der Waals surface area contributed by atoms with E-state index in [2.05, 4.69) is 0 Å². The van der Waals surface area contributed by atoms with Crippen LogP contribution >= 0.6 is 0 Å². The van der Waals surface area contributed by atoms with Crippen LogP contribution in [0.4, 0.5) is 0 Å². The molecule has 4 heteroatoms. The molecule has 0 N–H and O–H groups in total. The molecule has 0 spiro atoms. The standard InChI is InChI=1S/Be.2O.Y/q+2;;-2;+1. The van der Waals surface area contributed by atoms with Crippen molar-refractivity contribution in [2.24, 2.45) is 0 Å². The molecule has 16 valence electrons. The first-order chi connectivity index (χ1) is 1.00. The first-order valence-electron chi connectivity index (χ1n) is 0.236. The van der Waals surface area contributed by atoms with E-state index >= 15 is 0 Å². The second-order valence-electron chi connectivity index (χ2n) is 0. The summed E-state index contributed by atoms with van der Waals surface area (Å²) in [7, 11) is 0. The van der Waals surface area contributed by atoms with Gasteiger partial charge in [-0.1, -0.05) is 0 Å². The maximum atomic E-state index is 8.38. The third kappa shape index (κ3) is 11.7. The average molecular weight is 130 g/mol. The first-order valence-corrected chi connectivity index (χ1v) is 1.39. The summed E-state index contributed by atoms with van der Waals surface area (Å²) >= 11 is 0.100. The quantitative estimate of drug-likeness (QED) is 0.403. The summed E-state index contributed by atoms with van der Waals surface area (Å²) in [6.45, 7) is 0. The molecule has 0 atom stereocenters. The van der Waals surface area contributed by atoms with Crippen LogP contribution in [0.1, 0.15) is 0 Å². The topological polar surface area (TPSA) is 45.6 Å². The van der Waals surface area contributed by atoms with Crippen LogP contribution in [0, 0.1) is 0 Å². The van der Waals surface area contributed by atoms with Gasteiger partial charge in [0.05, 0.1) is 0 Å². The van der Waals surface area contributed by atoms with E-state index in [4.69, 9.17) is 2.04 Å². The molecule has 0 unspecified atom stereocenters. The zero-order valence-electron chi connectivity index (χ0n) is 2.10. The molecule has 0 fully saturated rings. The van der Waals surface area contributed by atoms with Crippen molar-refractivity contribution in [1.82, 2.24) is 0 Å². The van der Waals surface area contributed by atoms with Crippen LogP contribution in [0.3, 0.4) is 0 Å². The summed E-state index contributed by atoms with van der Waals surface area (Å²) in [5, 5.41) is 0. The summed E-state index contributed by atoms with van der Waals surface area (Å²) in [6, 6.07) is 0. The van der Waals surface area contributed by atoms with Crippen molar-refractivity contribution in [3.05, 3.63) is 0 Å². The van der Waals surface area contributed by atoms with E-state index in [1.165, 1.54) is 0 Å². The van der Waals surface area contributed by atoms with Crippen LogP contribution in [-0.2, 0) is 38.5 Å². The zero-order chi connectivity index (χ0) is 2.00. The summed E-state index contributed by atoms with van der Waals surface area (Å²) in [4.78, 5) is 0. The molecule has 0 bridgehead atoms. The molecule has 0 aliphatic heterocycles. The normalized spacial score (nSPS) is 1.50. The molecule has 2 nitrogen and oxygen atoms in total. The van der Waals surface area contributed by atoms with Crippen LogP contribution in [0.15, 0.2) is 0 Å². The Labute approximate surface area is 48.5 Å². The van der Waals surface area contributed by atoms with Gasteiger partial charge in [0.1, 0.15) is 0 Å². The van der Waals surface area contributed by atoms with E-state index in [0.717, 1.165) is 0 Å². The SMILES string of the molecule is [Be+2].[O-2].[O]=[Y+]. The monoisotopic (exact) mass is 130 g/mol. The molecule has 0 aromatic carbocycles. The molecule has 0 rings (SSSR count). The molecule has 0 amide bonds. The Hall–Kier alpha value is 1.03. The summed E-state index contributed by atoms with van der Waals surface area (Å²) in [5.41, 5.74) is 0. The minimum absolute atomic E-state index is 0. The fourth-order valence-corrected chi connectivity index (χ4v) is 0. The van der Waals surface area contributed by atoms with Crippen molar-refractivity contribution in [3.63, 3.8) is 0 Å². The van der Waals surface area contributed by atoms with Gasteiger partial charge in [-0.25, -0.2) is 0 Å². The van der Waals surface area contributed by atoms with Gasteiger partial charge in [-0.3, -0.25) is 0 Å². The minimum atomic E-state index is 0. The van der Waals surface area contributed by atoms with Crippen molar-refractivity contribution in [3.8, 4) is 0 Å². The molecule has 0 aliphatic carbocycles. The van der Waals surface area contributed by atoms with Crippen LogP contribution < -0.4 is 0 Å². The number of hydrogen-bond donors (Lipinski definition) is 0. The van der Waals surface area contributed by atoms with E-state index in [9.17, 15) is 0 Å². The van der Waals surface area contributed by atoms with Crippen molar-refractivity contribution in [2.45, 2.75) is 0 Å². The Morgan fingerprint density at radius 2 is 1.25 bits per heavy atom. The van der Waals surface area contributed by atoms with E-state index in [1.54, 1.807) is 0 Å². The van der Waals surface area contributed by atoms with Crippen molar-refractivity contribution in [2.75, 3.05) is 0 Å². The second kappa shape index (κ2) is 34.8. The van der Waals surface area contributed by atoms with Gasteiger partial charge in [0, 0.05) is 0 Å². The summed E-state index contributed by atoms with van der Waals surface area (Å²) in [5.74, 6) is 0. The van der Waals surface area contributed by atoms with Gasteiger partial charge < -0.3 is 5.48 Å². The molecule has 0 aliphatic rings. The Bertz CT molecular complexity index is 6.00. The third-order valence-corrected chi connectivity index (χ3v) is 0. The van der Waals surface area contributed by atoms with Crippen LogP contribution in [0.2, 0.25) is 0 Å². The van der Waals surface area contributed by atoms with Gasteiger partial charge in [-0.2, -0.15) is 0 Å². The average Bonchev–Trinajstić information content (AvgIpc) is 1.00. The Balaban J connectivity index is -0.00000000500.